The second-order valence-corrected chi connectivity index (χ2v) is 5.53. The Bertz CT molecular complexity index is 163. The lowest BCUT2D eigenvalue weighted by Crippen LogP contribution is -2.31. The topological polar surface area (TPSA) is 12.0 Å². The van der Waals surface area contributed by atoms with Gasteiger partial charge in [-0.3, -0.25) is 0 Å². The van der Waals surface area contributed by atoms with E-state index in [4.69, 9.17) is 0 Å². The first-order valence-electron chi connectivity index (χ1n) is 7.52. The van der Waals surface area contributed by atoms with E-state index in [1.807, 2.05) is 0 Å². The predicted molar refractivity (Wildman–Crippen MR) is 72.7 cm³/mol. The average Bonchev–Trinajstić information content (AvgIpc) is 2.34. The zero-order valence-electron chi connectivity index (χ0n) is 11.6. The molecule has 1 N–H and O–H groups in total. The first-order valence-corrected chi connectivity index (χ1v) is 7.52. The Morgan fingerprint density at radius 3 is 2.19 bits per heavy atom. The maximum Gasteiger partial charge on any atom is -0.00180 e. The van der Waals surface area contributed by atoms with Crippen molar-refractivity contribution in [1.82, 2.24) is 5.32 Å². The highest BCUT2D eigenvalue weighted by atomic mass is 14.8. The summed E-state index contributed by atoms with van der Waals surface area (Å²) in [5.74, 6) is 2.96. The van der Waals surface area contributed by atoms with Crippen molar-refractivity contribution in [3.8, 4) is 0 Å². The summed E-state index contributed by atoms with van der Waals surface area (Å²) in [4.78, 5) is 0. The SMILES string of the molecule is CCNCC1CCCCC1CC(CC)CC. The molecule has 1 fully saturated rings. The molecule has 0 aromatic rings. The van der Waals surface area contributed by atoms with E-state index in [2.05, 4.69) is 26.1 Å². The molecule has 0 bridgehead atoms. The average molecular weight is 225 g/mol. The van der Waals surface area contributed by atoms with Gasteiger partial charge in [0.15, 0.2) is 0 Å². The molecule has 0 radical (unpaired) electrons. The van der Waals surface area contributed by atoms with Gasteiger partial charge in [0.05, 0.1) is 0 Å². The molecule has 1 saturated carbocycles. The van der Waals surface area contributed by atoms with Crippen LogP contribution in [0, 0.1) is 17.8 Å². The molecule has 0 aliphatic heterocycles. The van der Waals surface area contributed by atoms with Gasteiger partial charge in [-0.1, -0.05) is 52.9 Å². The van der Waals surface area contributed by atoms with Gasteiger partial charge in [0.25, 0.3) is 0 Å². The van der Waals surface area contributed by atoms with Crippen molar-refractivity contribution in [1.29, 1.82) is 0 Å². The molecule has 0 aromatic carbocycles. The molecule has 1 aliphatic rings. The van der Waals surface area contributed by atoms with Crippen LogP contribution in [0.1, 0.15) is 65.7 Å². The molecule has 0 spiro atoms. The first-order chi connectivity index (χ1) is 7.81. The Morgan fingerprint density at radius 1 is 1.00 bits per heavy atom. The maximum atomic E-state index is 3.56. The number of rotatable bonds is 7. The molecular formula is C15H31N. The van der Waals surface area contributed by atoms with Crippen molar-refractivity contribution >= 4 is 0 Å². The van der Waals surface area contributed by atoms with Gasteiger partial charge in [-0.05, 0) is 43.7 Å². The minimum atomic E-state index is 0.967. The van der Waals surface area contributed by atoms with E-state index in [1.165, 1.54) is 51.5 Å². The Hall–Kier alpha value is -0.0400. The maximum absolute atomic E-state index is 3.56. The van der Waals surface area contributed by atoms with Crippen LogP contribution in [0.15, 0.2) is 0 Å². The molecule has 0 amide bonds. The third kappa shape index (κ3) is 4.45. The van der Waals surface area contributed by atoms with Gasteiger partial charge in [0.2, 0.25) is 0 Å². The van der Waals surface area contributed by atoms with Crippen LogP contribution in [-0.2, 0) is 0 Å². The fourth-order valence-corrected chi connectivity index (χ4v) is 3.24. The molecule has 1 heteroatoms. The van der Waals surface area contributed by atoms with Crippen LogP contribution >= 0.6 is 0 Å². The second-order valence-electron chi connectivity index (χ2n) is 5.53. The molecule has 2 unspecified atom stereocenters. The van der Waals surface area contributed by atoms with Gasteiger partial charge in [-0.15, -0.1) is 0 Å². The number of hydrogen-bond donors (Lipinski definition) is 1. The fourth-order valence-electron chi connectivity index (χ4n) is 3.24. The Balaban J connectivity index is 2.39. The van der Waals surface area contributed by atoms with E-state index in [1.54, 1.807) is 0 Å². The van der Waals surface area contributed by atoms with E-state index in [0.717, 1.165) is 24.3 Å². The van der Waals surface area contributed by atoms with Crippen LogP contribution in [-0.4, -0.2) is 13.1 Å². The van der Waals surface area contributed by atoms with E-state index < -0.39 is 0 Å². The standard InChI is InChI=1S/C15H31N/c1-4-13(5-2)11-14-9-7-8-10-15(14)12-16-6-3/h13-16H,4-12H2,1-3H3. The van der Waals surface area contributed by atoms with Crippen LogP contribution in [0.4, 0.5) is 0 Å². The zero-order valence-corrected chi connectivity index (χ0v) is 11.6. The van der Waals surface area contributed by atoms with Crippen LogP contribution in [0.3, 0.4) is 0 Å². The normalized spacial score (nSPS) is 26.2. The van der Waals surface area contributed by atoms with Gasteiger partial charge in [0, 0.05) is 0 Å². The van der Waals surface area contributed by atoms with Gasteiger partial charge in [-0.25, -0.2) is 0 Å². The van der Waals surface area contributed by atoms with Crippen molar-refractivity contribution in [3.63, 3.8) is 0 Å². The summed E-state index contributed by atoms with van der Waals surface area (Å²) in [5, 5.41) is 3.56. The fraction of sp³-hybridized carbons (Fsp3) is 1.00. The summed E-state index contributed by atoms with van der Waals surface area (Å²) < 4.78 is 0. The van der Waals surface area contributed by atoms with Gasteiger partial charge < -0.3 is 5.32 Å². The minimum absolute atomic E-state index is 0.967. The lowest BCUT2D eigenvalue weighted by atomic mass is 9.74. The second kappa shape index (κ2) is 8.11. The summed E-state index contributed by atoms with van der Waals surface area (Å²) in [6.45, 7) is 9.33. The van der Waals surface area contributed by atoms with Gasteiger partial charge in [0.1, 0.15) is 0 Å². The highest BCUT2D eigenvalue weighted by Gasteiger charge is 2.26. The molecule has 0 saturated heterocycles. The highest BCUT2D eigenvalue weighted by molar-refractivity contribution is 4.78. The lowest BCUT2D eigenvalue weighted by Gasteiger charge is -2.34. The molecule has 1 nitrogen and oxygen atoms in total. The summed E-state index contributed by atoms with van der Waals surface area (Å²) in [7, 11) is 0. The van der Waals surface area contributed by atoms with Crippen LogP contribution in [0.25, 0.3) is 0 Å². The molecule has 0 aromatic heterocycles. The Kier molecular flexibility index (Phi) is 7.11. The third-order valence-corrected chi connectivity index (χ3v) is 4.51. The van der Waals surface area contributed by atoms with Crippen LogP contribution in [0.5, 0.6) is 0 Å². The molecule has 0 heterocycles. The largest absolute Gasteiger partial charge is 0.317 e. The molecule has 1 aliphatic carbocycles. The molecule has 96 valence electrons. The van der Waals surface area contributed by atoms with Crippen LogP contribution in [0.2, 0.25) is 0 Å². The molecule has 1 rings (SSSR count). The van der Waals surface area contributed by atoms with E-state index in [-0.39, 0.29) is 0 Å². The van der Waals surface area contributed by atoms with E-state index in [9.17, 15) is 0 Å². The van der Waals surface area contributed by atoms with Gasteiger partial charge >= 0.3 is 0 Å². The van der Waals surface area contributed by atoms with E-state index in [0.29, 0.717) is 0 Å². The van der Waals surface area contributed by atoms with E-state index >= 15 is 0 Å². The lowest BCUT2D eigenvalue weighted by molar-refractivity contribution is 0.188. The third-order valence-electron chi connectivity index (χ3n) is 4.51. The van der Waals surface area contributed by atoms with Crippen molar-refractivity contribution in [2.45, 2.75) is 65.7 Å². The van der Waals surface area contributed by atoms with Crippen molar-refractivity contribution < 1.29 is 0 Å². The smallest absolute Gasteiger partial charge is 0.00180 e. The highest BCUT2D eigenvalue weighted by Crippen LogP contribution is 2.35. The van der Waals surface area contributed by atoms with Gasteiger partial charge in [-0.2, -0.15) is 0 Å². The molecule has 2 atom stereocenters. The Morgan fingerprint density at radius 2 is 1.62 bits per heavy atom. The summed E-state index contributed by atoms with van der Waals surface area (Å²) >= 11 is 0. The molecular weight excluding hydrogens is 194 g/mol. The molecule has 16 heavy (non-hydrogen) atoms. The van der Waals surface area contributed by atoms with Crippen molar-refractivity contribution in [2.75, 3.05) is 13.1 Å². The monoisotopic (exact) mass is 225 g/mol. The zero-order chi connectivity index (χ0) is 11.8. The predicted octanol–water partition coefficient (Wildman–Crippen LogP) is 4.23. The number of hydrogen-bond acceptors (Lipinski definition) is 1. The Labute approximate surface area is 102 Å². The van der Waals surface area contributed by atoms with Crippen LogP contribution < -0.4 is 5.32 Å². The number of nitrogens with one attached hydrogen (secondary N) is 1. The summed E-state index contributed by atoms with van der Waals surface area (Å²) in [6, 6.07) is 0. The minimum Gasteiger partial charge on any atom is -0.317 e. The quantitative estimate of drug-likeness (QED) is 0.684. The first kappa shape index (κ1) is 14.0. The summed E-state index contributed by atoms with van der Waals surface area (Å²) in [6.07, 6.45) is 10.2. The van der Waals surface area contributed by atoms with Crippen molar-refractivity contribution in [3.05, 3.63) is 0 Å². The van der Waals surface area contributed by atoms with Crippen molar-refractivity contribution in [2.24, 2.45) is 17.8 Å². The summed E-state index contributed by atoms with van der Waals surface area (Å²) in [5.41, 5.74) is 0.